The number of carbonyl (C=O) groups excluding carboxylic acids is 3. The van der Waals surface area contributed by atoms with Crippen molar-refractivity contribution in [1.29, 1.82) is 0 Å². The van der Waals surface area contributed by atoms with Gasteiger partial charge in [0.1, 0.15) is 5.75 Å². The number of hydrogen-bond donors (Lipinski definition) is 3. The lowest BCUT2D eigenvalue weighted by Gasteiger charge is -2.11. The molecule has 34 heavy (non-hydrogen) atoms. The minimum absolute atomic E-state index is 0.00696. The highest BCUT2D eigenvalue weighted by molar-refractivity contribution is 6.09. The molecule has 0 spiro atoms. The number of amides is 3. The van der Waals surface area contributed by atoms with Gasteiger partial charge in [0.2, 0.25) is 0 Å². The normalized spacial score (nSPS) is 10.8. The molecular formula is C24H20F3N3O4. The molecule has 0 saturated carbocycles. The fourth-order valence-electron chi connectivity index (χ4n) is 2.94. The topological polar surface area (TPSA) is 96.5 Å². The van der Waals surface area contributed by atoms with Crippen LogP contribution in [-0.2, 0) is 11.0 Å². The van der Waals surface area contributed by atoms with Gasteiger partial charge in [0.25, 0.3) is 17.7 Å². The fraction of sp³-hybridized carbons (Fsp3) is 0.125. The van der Waals surface area contributed by atoms with Crippen LogP contribution in [-0.4, -0.2) is 31.4 Å². The molecule has 0 bridgehead atoms. The smallest absolute Gasteiger partial charge is 0.416 e. The summed E-state index contributed by atoms with van der Waals surface area (Å²) in [6, 6.07) is 16.7. The Bertz CT molecular complexity index is 1190. The summed E-state index contributed by atoms with van der Waals surface area (Å²) in [6.45, 7) is -0.443. The van der Waals surface area contributed by atoms with E-state index < -0.39 is 30.2 Å². The van der Waals surface area contributed by atoms with E-state index in [2.05, 4.69) is 16.0 Å². The fourth-order valence-corrected chi connectivity index (χ4v) is 2.94. The Morgan fingerprint density at radius 3 is 2.24 bits per heavy atom. The maximum absolute atomic E-state index is 12.8. The Labute approximate surface area is 192 Å². The lowest BCUT2D eigenvalue weighted by molar-refractivity contribution is -0.137. The first-order chi connectivity index (χ1) is 16.2. The largest absolute Gasteiger partial charge is 0.484 e. The molecule has 10 heteroatoms. The van der Waals surface area contributed by atoms with E-state index in [-0.39, 0.29) is 22.9 Å². The summed E-state index contributed by atoms with van der Waals surface area (Å²) in [7, 11) is 1.49. The van der Waals surface area contributed by atoms with Crippen molar-refractivity contribution in [1.82, 2.24) is 5.32 Å². The molecule has 3 amide bonds. The summed E-state index contributed by atoms with van der Waals surface area (Å²) in [5.74, 6) is -1.17. The molecule has 0 saturated heterocycles. The minimum atomic E-state index is -4.52. The monoisotopic (exact) mass is 471 g/mol. The van der Waals surface area contributed by atoms with E-state index >= 15 is 0 Å². The maximum atomic E-state index is 12.8. The molecule has 0 radical (unpaired) electrons. The second kappa shape index (κ2) is 10.5. The molecule has 0 aliphatic heterocycles. The van der Waals surface area contributed by atoms with Crippen molar-refractivity contribution in [2.75, 3.05) is 24.3 Å². The van der Waals surface area contributed by atoms with Gasteiger partial charge in [-0.15, -0.1) is 0 Å². The summed E-state index contributed by atoms with van der Waals surface area (Å²) in [6.07, 6.45) is -4.52. The van der Waals surface area contributed by atoms with Gasteiger partial charge in [-0.05, 0) is 54.6 Å². The molecule has 7 nitrogen and oxygen atoms in total. The van der Waals surface area contributed by atoms with Crippen molar-refractivity contribution in [3.05, 3.63) is 89.5 Å². The molecule has 0 atom stereocenters. The predicted octanol–water partition coefficient (Wildman–Crippen LogP) is 4.33. The van der Waals surface area contributed by atoms with E-state index in [9.17, 15) is 27.6 Å². The highest BCUT2D eigenvalue weighted by Crippen LogP contribution is 2.30. The molecule has 3 aromatic carbocycles. The van der Waals surface area contributed by atoms with Crippen LogP contribution in [0.2, 0.25) is 0 Å². The molecule has 0 aliphatic rings. The van der Waals surface area contributed by atoms with Crippen LogP contribution in [0.5, 0.6) is 5.75 Å². The minimum Gasteiger partial charge on any atom is -0.484 e. The van der Waals surface area contributed by atoms with Crippen molar-refractivity contribution in [3.8, 4) is 5.75 Å². The number of ether oxygens (including phenoxy) is 1. The zero-order valence-corrected chi connectivity index (χ0v) is 17.9. The quantitative estimate of drug-likeness (QED) is 0.478. The Morgan fingerprint density at radius 2 is 1.56 bits per heavy atom. The number of halogens is 3. The first-order valence-electron chi connectivity index (χ1n) is 10.00. The van der Waals surface area contributed by atoms with Gasteiger partial charge < -0.3 is 20.7 Å². The highest BCUT2D eigenvalue weighted by Gasteiger charge is 2.30. The Kier molecular flexibility index (Phi) is 7.52. The van der Waals surface area contributed by atoms with Crippen molar-refractivity contribution in [2.24, 2.45) is 0 Å². The summed E-state index contributed by atoms with van der Waals surface area (Å²) in [4.78, 5) is 36.5. The van der Waals surface area contributed by atoms with Crippen molar-refractivity contribution >= 4 is 29.1 Å². The molecule has 0 unspecified atom stereocenters. The zero-order chi connectivity index (χ0) is 24.7. The van der Waals surface area contributed by atoms with Crippen LogP contribution < -0.4 is 20.7 Å². The van der Waals surface area contributed by atoms with E-state index in [1.165, 1.54) is 43.4 Å². The maximum Gasteiger partial charge on any atom is 0.416 e. The van der Waals surface area contributed by atoms with Crippen LogP contribution in [0.3, 0.4) is 0 Å². The molecule has 0 fully saturated rings. The second-order valence-electron chi connectivity index (χ2n) is 7.02. The van der Waals surface area contributed by atoms with E-state index in [4.69, 9.17) is 4.74 Å². The van der Waals surface area contributed by atoms with Crippen LogP contribution >= 0.6 is 0 Å². The lowest BCUT2D eigenvalue weighted by atomic mass is 10.1. The number of nitrogens with one attached hydrogen (secondary N) is 3. The predicted molar refractivity (Wildman–Crippen MR) is 120 cm³/mol. The van der Waals surface area contributed by atoms with Gasteiger partial charge in [0.15, 0.2) is 6.61 Å². The Hall–Kier alpha value is -4.34. The molecule has 3 rings (SSSR count). The van der Waals surface area contributed by atoms with Crippen LogP contribution in [0.15, 0.2) is 72.8 Å². The average Bonchev–Trinajstić information content (AvgIpc) is 2.82. The van der Waals surface area contributed by atoms with Crippen molar-refractivity contribution in [3.63, 3.8) is 0 Å². The number of hydrogen-bond acceptors (Lipinski definition) is 4. The third kappa shape index (κ3) is 6.35. The molecular weight excluding hydrogens is 451 g/mol. The van der Waals surface area contributed by atoms with Crippen LogP contribution in [0.4, 0.5) is 24.5 Å². The molecule has 176 valence electrons. The zero-order valence-electron chi connectivity index (χ0n) is 17.9. The van der Waals surface area contributed by atoms with Gasteiger partial charge >= 0.3 is 6.18 Å². The average molecular weight is 471 g/mol. The van der Waals surface area contributed by atoms with E-state index in [0.717, 1.165) is 12.1 Å². The highest BCUT2D eigenvalue weighted by atomic mass is 19.4. The van der Waals surface area contributed by atoms with Gasteiger partial charge in [0, 0.05) is 18.3 Å². The second-order valence-corrected chi connectivity index (χ2v) is 7.02. The number of para-hydroxylation sites is 1. The number of alkyl halides is 3. The number of benzene rings is 3. The van der Waals surface area contributed by atoms with Crippen LogP contribution in [0, 0.1) is 0 Å². The Morgan fingerprint density at radius 1 is 0.853 bits per heavy atom. The Balaban J connectivity index is 1.57. The lowest BCUT2D eigenvalue weighted by Crippen LogP contribution is -2.21. The summed E-state index contributed by atoms with van der Waals surface area (Å²) >= 11 is 0. The van der Waals surface area contributed by atoms with Gasteiger partial charge in [-0.25, -0.2) is 0 Å². The SMILES string of the molecule is CNC(=O)c1ccccc1NC(=O)c1ccc(OCC(=O)Nc2cccc(C(F)(F)F)c2)cc1. The van der Waals surface area contributed by atoms with E-state index in [0.29, 0.717) is 11.3 Å². The van der Waals surface area contributed by atoms with E-state index in [1.54, 1.807) is 24.3 Å². The van der Waals surface area contributed by atoms with E-state index in [1.807, 2.05) is 0 Å². The van der Waals surface area contributed by atoms with Gasteiger partial charge in [-0.3, -0.25) is 14.4 Å². The number of rotatable bonds is 7. The van der Waals surface area contributed by atoms with Crippen LogP contribution in [0.1, 0.15) is 26.3 Å². The molecule has 0 aromatic heterocycles. The first-order valence-corrected chi connectivity index (χ1v) is 10.00. The number of carbonyl (C=O) groups is 3. The summed E-state index contributed by atoms with van der Waals surface area (Å²) < 4.78 is 43.7. The van der Waals surface area contributed by atoms with Crippen molar-refractivity contribution < 1.29 is 32.3 Å². The molecule has 0 aliphatic carbocycles. The third-order valence-corrected chi connectivity index (χ3v) is 4.61. The molecule has 3 N–H and O–H groups in total. The first kappa shape index (κ1) is 24.3. The van der Waals surface area contributed by atoms with Gasteiger partial charge in [0.05, 0.1) is 16.8 Å². The van der Waals surface area contributed by atoms with Gasteiger partial charge in [-0.2, -0.15) is 13.2 Å². The number of anilines is 2. The van der Waals surface area contributed by atoms with Crippen LogP contribution in [0.25, 0.3) is 0 Å². The molecule has 3 aromatic rings. The molecule has 0 heterocycles. The third-order valence-electron chi connectivity index (χ3n) is 4.61. The van der Waals surface area contributed by atoms with Gasteiger partial charge in [-0.1, -0.05) is 18.2 Å². The standard InChI is InChI=1S/C24H20F3N3O4/c1-28-23(33)19-7-2-3-8-20(19)30-22(32)15-9-11-18(12-10-15)34-14-21(31)29-17-6-4-5-16(13-17)24(25,26)27/h2-13H,14H2,1H3,(H,28,33)(H,29,31)(H,30,32). The van der Waals surface area contributed by atoms with Crippen molar-refractivity contribution in [2.45, 2.75) is 6.18 Å². The summed E-state index contributed by atoms with van der Waals surface area (Å²) in [5.41, 5.74) is 0.0570. The summed E-state index contributed by atoms with van der Waals surface area (Å²) in [5, 5.41) is 7.51.